The van der Waals surface area contributed by atoms with Gasteiger partial charge in [-0.2, -0.15) is 0 Å². The van der Waals surface area contributed by atoms with Crippen molar-refractivity contribution < 1.29 is 4.74 Å². The summed E-state index contributed by atoms with van der Waals surface area (Å²) in [5.41, 5.74) is 7.86. The van der Waals surface area contributed by atoms with Gasteiger partial charge in [-0.05, 0) is 43.0 Å². The summed E-state index contributed by atoms with van der Waals surface area (Å²) >= 11 is 6.29. The highest BCUT2D eigenvalue weighted by Gasteiger charge is 2.16. The molecule has 0 saturated carbocycles. The van der Waals surface area contributed by atoms with Crippen molar-refractivity contribution in [1.82, 2.24) is 4.90 Å². The maximum Gasteiger partial charge on any atom is 0.0506 e. The van der Waals surface area contributed by atoms with Crippen molar-refractivity contribution in [2.75, 3.05) is 26.8 Å². The average Bonchev–Trinajstić information content (AvgIpc) is 2.42. The molecule has 106 valence electrons. The second-order valence-corrected chi connectivity index (χ2v) is 5.82. The monoisotopic (exact) mass is 282 g/mol. The highest BCUT2D eigenvalue weighted by Crippen LogP contribution is 2.21. The van der Waals surface area contributed by atoms with E-state index in [-0.39, 0.29) is 0 Å². The van der Waals surface area contributed by atoms with E-state index >= 15 is 0 Å². The van der Waals surface area contributed by atoms with Crippen LogP contribution in [0.4, 0.5) is 0 Å². The minimum absolute atomic E-state index is 0.537. The smallest absolute Gasteiger partial charge is 0.0506 e. The fraction of sp³-hybridized carbons (Fsp3) is 0.600. The number of nitrogens with two attached hydrogens (primary N) is 1. The third-order valence-corrected chi connectivity index (χ3v) is 3.97. The fourth-order valence-corrected chi connectivity index (χ4v) is 2.86. The van der Waals surface area contributed by atoms with Crippen molar-refractivity contribution in [2.24, 2.45) is 11.7 Å². The van der Waals surface area contributed by atoms with Crippen LogP contribution in [-0.2, 0) is 17.8 Å². The molecule has 1 aromatic rings. The third-order valence-electron chi connectivity index (χ3n) is 3.62. The Morgan fingerprint density at radius 1 is 1.47 bits per heavy atom. The van der Waals surface area contributed by atoms with Crippen LogP contribution in [0.3, 0.4) is 0 Å². The Kier molecular flexibility index (Phi) is 5.64. The van der Waals surface area contributed by atoms with E-state index < -0.39 is 0 Å². The van der Waals surface area contributed by atoms with Gasteiger partial charge in [-0.25, -0.2) is 0 Å². The molecule has 0 amide bonds. The van der Waals surface area contributed by atoms with Crippen LogP contribution < -0.4 is 5.73 Å². The zero-order valence-electron chi connectivity index (χ0n) is 11.6. The Balaban J connectivity index is 1.88. The molecule has 1 aliphatic heterocycles. The molecule has 1 aromatic carbocycles. The van der Waals surface area contributed by atoms with Gasteiger partial charge >= 0.3 is 0 Å². The zero-order valence-corrected chi connectivity index (χ0v) is 12.3. The van der Waals surface area contributed by atoms with E-state index in [1.165, 1.54) is 12.8 Å². The molecular formula is C15H23ClN2O. The maximum atomic E-state index is 6.29. The summed E-state index contributed by atoms with van der Waals surface area (Å²) in [6, 6.07) is 6.10. The molecule has 0 radical (unpaired) electrons. The first-order valence-electron chi connectivity index (χ1n) is 6.92. The van der Waals surface area contributed by atoms with E-state index in [2.05, 4.69) is 24.1 Å². The Morgan fingerprint density at radius 3 is 2.95 bits per heavy atom. The lowest BCUT2D eigenvalue weighted by Gasteiger charge is -2.27. The summed E-state index contributed by atoms with van der Waals surface area (Å²) in [6.45, 7) is 4.29. The molecule has 0 bridgehead atoms. The molecule has 1 atom stereocenters. The van der Waals surface area contributed by atoms with Crippen LogP contribution in [0.5, 0.6) is 0 Å². The number of rotatable bonds is 5. The van der Waals surface area contributed by atoms with Crippen LogP contribution in [0.25, 0.3) is 0 Å². The SMILES string of the molecule is CN(Cc1ccc(CN)cc1Cl)CC1CCCOC1. The second-order valence-electron chi connectivity index (χ2n) is 5.41. The molecule has 1 unspecified atom stereocenters. The molecule has 0 spiro atoms. The van der Waals surface area contributed by atoms with Gasteiger partial charge in [0.15, 0.2) is 0 Å². The predicted octanol–water partition coefficient (Wildman–Crippen LogP) is 2.66. The van der Waals surface area contributed by atoms with Crippen molar-refractivity contribution in [3.8, 4) is 0 Å². The molecule has 3 nitrogen and oxygen atoms in total. The first-order valence-corrected chi connectivity index (χ1v) is 7.30. The summed E-state index contributed by atoms with van der Waals surface area (Å²) in [5, 5.41) is 0.815. The van der Waals surface area contributed by atoms with E-state index in [1.807, 2.05) is 6.07 Å². The van der Waals surface area contributed by atoms with Gasteiger partial charge in [0.2, 0.25) is 0 Å². The van der Waals surface area contributed by atoms with Crippen molar-refractivity contribution in [3.63, 3.8) is 0 Å². The number of benzene rings is 1. The minimum atomic E-state index is 0.537. The van der Waals surface area contributed by atoms with Gasteiger partial charge in [0.25, 0.3) is 0 Å². The van der Waals surface area contributed by atoms with Crippen LogP contribution in [0.15, 0.2) is 18.2 Å². The van der Waals surface area contributed by atoms with Crippen LogP contribution in [0.1, 0.15) is 24.0 Å². The fourth-order valence-electron chi connectivity index (χ4n) is 2.59. The van der Waals surface area contributed by atoms with Gasteiger partial charge in [-0.15, -0.1) is 0 Å². The Labute approximate surface area is 120 Å². The number of ether oxygens (including phenoxy) is 1. The topological polar surface area (TPSA) is 38.5 Å². The van der Waals surface area contributed by atoms with Crippen LogP contribution in [0.2, 0.25) is 5.02 Å². The zero-order chi connectivity index (χ0) is 13.7. The second kappa shape index (κ2) is 7.25. The molecule has 4 heteroatoms. The largest absolute Gasteiger partial charge is 0.381 e. The molecule has 1 aliphatic rings. The van der Waals surface area contributed by atoms with Crippen molar-refractivity contribution in [1.29, 1.82) is 0 Å². The van der Waals surface area contributed by atoms with Crippen molar-refractivity contribution in [3.05, 3.63) is 34.3 Å². The average molecular weight is 283 g/mol. The van der Waals surface area contributed by atoms with E-state index in [0.29, 0.717) is 12.5 Å². The van der Waals surface area contributed by atoms with Gasteiger partial charge in [0.1, 0.15) is 0 Å². The molecule has 1 fully saturated rings. The van der Waals surface area contributed by atoms with Crippen molar-refractivity contribution in [2.45, 2.75) is 25.9 Å². The lowest BCUT2D eigenvalue weighted by Crippen LogP contribution is -2.30. The lowest BCUT2D eigenvalue weighted by molar-refractivity contribution is 0.0411. The molecule has 0 aliphatic carbocycles. The molecule has 1 heterocycles. The summed E-state index contributed by atoms with van der Waals surface area (Å²) < 4.78 is 5.52. The summed E-state index contributed by atoms with van der Waals surface area (Å²) in [6.07, 6.45) is 2.45. The predicted molar refractivity (Wildman–Crippen MR) is 79.2 cm³/mol. The summed E-state index contributed by atoms with van der Waals surface area (Å²) in [7, 11) is 2.14. The third kappa shape index (κ3) is 4.46. The maximum absolute atomic E-state index is 6.29. The van der Waals surface area contributed by atoms with E-state index in [0.717, 1.165) is 42.5 Å². The first kappa shape index (κ1) is 14.8. The van der Waals surface area contributed by atoms with Gasteiger partial charge < -0.3 is 15.4 Å². The van der Waals surface area contributed by atoms with E-state index in [9.17, 15) is 0 Å². The normalized spacial score (nSPS) is 19.9. The highest BCUT2D eigenvalue weighted by atomic mass is 35.5. The number of hydrogen-bond acceptors (Lipinski definition) is 3. The Morgan fingerprint density at radius 2 is 2.32 bits per heavy atom. The summed E-state index contributed by atoms with van der Waals surface area (Å²) in [4.78, 5) is 2.32. The molecule has 2 N–H and O–H groups in total. The van der Waals surface area contributed by atoms with Gasteiger partial charge in [-0.3, -0.25) is 0 Å². The van der Waals surface area contributed by atoms with Crippen LogP contribution in [-0.4, -0.2) is 31.7 Å². The van der Waals surface area contributed by atoms with Gasteiger partial charge in [0.05, 0.1) is 6.61 Å². The minimum Gasteiger partial charge on any atom is -0.381 e. The van der Waals surface area contributed by atoms with Crippen LogP contribution >= 0.6 is 11.6 Å². The van der Waals surface area contributed by atoms with Gasteiger partial charge in [-0.1, -0.05) is 23.7 Å². The summed E-state index contributed by atoms with van der Waals surface area (Å²) in [5.74, 6) is 0.654. The lowest BCUT2D eigenvalue weighted by atomic mass is 10.0. The Bertz CT molecular complexity index is 405. The van der Waals surface area contributed by atoms with Gasteiger partial charge in [0, 0.05) is 31.3 Å². The quantitative estimate of drug-likeness (QED) is 0.902. The van der Waals surface area contributed by atoms with Crippen LogP contribution in [0, 0.1) is 5.92 Å². The number of hydrogen-bond donors (Lipinski definition) is 1. The molecule has 2 rings (SSSR count). The molecule has 0 aromatic heterocycles. The highest BCUT2D eigenvalue weighted by molar-refractivity contribution is 6.31. The molecular weight excluding hydrogens is 260 g/mol. The number of halogens is 1. The Hall–Kier alpha value is -0.610. The first-order chi connectivity index (χ1) is 9.19. The molecule has 1 saturated heterocycles. The van der Waals surface area contributed by atoms with E-state index in [1.54, 1.807) is 0 Å². The molecule has 19 heavy (non-hydrogen) atoms. The standard InChI is InChI=1S/C15H23ClN2O/c1-18(9-13-3-2-6-19-11-13)10-14-5-4-12(8-17)7-15(14)16/h4-5,7,13H,2-3,6,8-11,17H2,1H3. The van der Waals surface area contributed by atoms with E-state index in [4.69, 9.17) is 22.1 Å². The number of nitrogens with zero attached hydrogens (tertiary/aromatic N) is 1. The van der Waals surface area contributed by atoms with Crippen molar-refractivity contribution >= 4 is 11.6 Å².